The number of hydrogen-bond donors (Lipinski definition) is 2. The number of nitrogens with one attached hydrogen (secondary N) is 1. The summed E-state index contributed by atoms with van der Waals surface area (Å²) in [7, 11) is 0. The number of hydrogen-bond acceptors (Lipinski definition) is 3. The second-order valence-corrected chi connectivity index (χ2v) is 4.97. The fourth-order valence-electron chi connectivity index (χ4n) is 2.18. The molecule has 106 valence electrons. The third-order valence-electron chi connectivity index (χ3n) is 3.21. The van der Waals surface area contributed by atoms with Gasteiger partial charge in [0.2, 0.25) is 5.91 Å². The summed E-state index contributed by atoms with van der Waals surface area (Å²) in [4.78, 5) is 24.3. The third kappa shape index (κ3) is 3.11. The van der Waals surface area contributed by atoms with Gasteiger partial charge in [-0.05, 0) is 30.7 Å². The molecule has 1 heterocycles. The van der Waals surface area contributed by atoms with Crippen LogP contribution in [-0.2, 0) is 9.59 Å². The Morgan fingerprint density at radius 1 is 1.55 bits per heavy atom. The van der Waals surface area contributed by atoms with Crippen molar-refractivity contribution in [3.8, 4) is 0 Å². The number of amides is 1. The summed E-state index contributed by atoms with van der Waals surface area (Å²) in [5.74, 6) is -1.07. The summed E-state index contributed by atoms with van der Waals surface area (Å²) in [6.45, 7) is 3.01. The maximum atomic E-state index is 11.7. The zero-order valence-electron chi connectivity index (χ0n) is 11.0. The fourth-order valence-corrected chi connectivity index (χ4v) is 2.35. The highest BCUT2D eigenvalue weighted by Crippen LogP contribution is 2.28. The number of carbonyl (C=O) groups excluding carboxylic acids is 1. The Balaban J connectivity index is 2.40. The van der Waals surface area contributed by atoms with Crippen LogP contribution in [0.2, 0.25) is 5.02 Å². The Bertz CT molecular complexity index is 572. The average Bonchev–Trinajstić information content (AvgIpc) is 2.40. The lowest BCUT2D eigenvalue weighted by Crippen LogP contribution is -2.54. The van der Waals surface area contributed by atoms with Gasteiger partial charge in [0.15, 0.2) is 0 Å². The number of carboxylic acids is 1. The van der Waals surface area contributed by atoms with Gasteiger partial charge < -0.3 is 15.3 Å². The van der Waals surface area contributed by atoms with E-state index >= 15 is 0 Å². The molecule has 1 atom stereocenters. The molecule has 1 amide bonds. The van der Waals surface area contributed by atoms with Gasteiger partial charge in [-0.1, -0.05) is 17.7 Å². The van der Waals surface area contributed by atoms with E-state index in [0.717, 1.165) is 17.3 Å². The molecule has 2 N–H and O–H groups in total. The summed E-state index contributed by atoms with van der Waals surface area (Å²) >= 11 is 6.02. The molecule has 1 aromatic rings. The van der Waals surface area contributed by atoms with E-state index in [4.69, 9.17) is 16.7 Å². The molecule has 0 spiro atoms. The molecule has 6 heteroatoms. The molecule has 0 aliphatic carbocycles. The molecule has 1 saturated heterocycles. The number of aliphatic carboxylic acids is 1. The van der Waals surface area contributed by atoms with Crippen LogP contribution in [0.15, 0.2) is 24.3 Å². The quantitative estimate of drug-likeness (QED) is 0.834. The Kier molecular flexibility index (Phi) is 4.29. The topological polar surface area (TPSA) is 69.6 Å². The van der Waals surface area contributed by atoms with Gasteiger partial charge in [-0.2, -0.15) is 0 Å². The zero-order valence-corrected chi connectivity index (χ0v) is 11.7. The van der Waals surface area contributed by atoms with Crippen LogP contribution in [-0.4, -0.2) is 36.1 Å². The predicted octanol–water partition coefficient (Wildman–Crippen LogP) is 1.76. The highest BCUT2D eigenvalue weighted by Gasteiger charge is 2.26. The van der Waals surface area contributed by atoms with Gasteiger partial charge in [0.05, 0.1) is 0 Å². The summed E-state index contributed by atoms with van der Waals surface area (Å²) in [5, 5.41) is 12.1. The molecule has 1 fully saturated rings. The van der Waals surface area contributed by atoms with Crippen molar-refractivity contribution in [3.05, 3.63) is 34.9 Å². The summed E-state index contributed by atoms with van der Waals surface area (Å²) in [6.07, 6.45) is 2.58. The Hall–Kier alpha value is -2.01. The molecule has 0 radical (unpaired) electrons. The molecule has 2 rings (SSSR count). The molecular formula is C14H15ClN2O3. The molecule has 0 saturated carbocycles. The lowest BCUT2D eigenvalue weighted by atomic mass is 10.1. The van der Waals surface area contributed by atoms with E-state index in [1.54, 1.807) is 25.1 Å². The van der Waals surface area contributed by atoms with Crippen LogP contribution in [0.4, 0.5) is 5.69 Å². The van der Waals surface area contributed by atoms with E-state index in [1.165, 1.54) is 6.08 Å². The van der Waals surface area contributed by atoms with Crippen molar-refractivity contribution in [3.63, 3.8) is 0 Å². The first-order chi connectivity index (χ1) is 9.49. The van der Waals surface area contributed by atoms with Crippen LogP contribution in [0.1, 0.15) is 12.5 Å². The van der Waals surface area contributed by atoms with Gasteiger partial charge >= 0.3 is 5.97 Å². The third-order valence-corrected chi connectivity index (χ3v) is 3.44. The second-order valence-electron chi connectivity index (χ2n) is 4.54. The highest BCUT2D eigenvalue weighted by molar-refractivity contribution is 6.31. The Labute approximate surface area is 121 Å². The summed E-state index contributed by atoms with van der Waals surface area (Å²) < 4.78 is 0. The van der Waals surface area contributed by atoms with Gasteiger partial charge in [-0.25, -0.2) is 4.79 Å². The van der Waals surface area contributed by atoms with Gasteiger partial charge in [0.25, 0.3) is 0 Å². The normalized spacial score (nSPS) is 19.2. The van der Waals surface area contributed by atoms with Gasteiger partial charge in [0, 0.05) is 29.9 Å². The van der Waals surface area contributed by atoms with Crippen LogP contribution >= 0.6 is 11.6 Å². The first kappa shape index (κ1) is 14.4. The lowest BCUT2D eigenvalue weighted by Gasteiger charge is -2.35. The van der Waals surface area contributed by atoms with Crippen LogP contribution in [0.25, 0.3) is 6.08 Å². The smallest absolute Gasteiger partial charge is 0.328 e. The number of carboxylic acid groups (broad SMARTS) is 1. The average molecular weight is 295 g/mol. The van der Waals surface area contributed by atoms with E-state index in [-0.39, 0.29) is 11.9 Å². The molecule has 1 aliphatic rings. The van der Waals surface area contributed by atoms with E-state index in [1.807, 2.05) is 4.90 Å². The molecule has 1 aliphatic heterocycles. The van der Waals surface area contributed by atoms with Crippen LogP contribution < -0.4 is 10.2 Å². The van der Waals surface area contributed by atoms with Crippen molar-refractivity contribution in [2.24, 2.45) is 0 Å². The SMILES string of the molecule is CC1C(=O)NCCN1c1cc(Cl)ccc1/C=C/C(=O)O. The molecular weight excluding hydrogens is 280 g/mol. The zero-order chi connectivity index (χ0) is 14.7. The molecule has 5 nitrogen and oxygen atoms in total. The van der Waals surface area contributed by atoms with Gasteiger partial charge in [-0.3, -0.25) is 4.79 Å². The maximum absolute atomic E-state index is 11.7. The first-order valence-corrected chi connectivity index (χ1v) is 6.62. The minimum Gasteiger partial charge on any atom is -0.478 e. The van der Waals surface area contributed by atoms with E-state index in [2.05, 4.69) is 5.32 Å². The number of rotatable bonds is 3. The van der Waals surface area contributed by atoms with Gasteiger partial charge in [0.1, 0.15) is 6.04 Å². The Morgan fingerprint density at radius 3 is 3.00 bits per heavy atom. The van der Waals surface area contributed by atoms with E-state index in [9.17, 15) is 9.59 Å². The molecule has 0 bridgehead atoms. The molecule has 20 heavy (non-hydrogen) atoms. The largest absolute Gasteiger partial charge is 0.478 e. The van der Waals surface area contributed by atoms with Crippen LogP contribution in [0.5, 0.6) is 0 Å². The number of carbonyl (C=O) groups is 2. The first-order valence-electron chi connectivity index (χ1n) is 6.24. The van der Waals surface area contributed by atoms with E-state index in [0.29, 0.717) is 18.1 Å². The second kappa shape index (κ2) is 5.96. The van der Waals surface area contributed by atoms with Crippen molar-refractivity contribution in [2.45, 2.75) is 13.0 Å². The maximum Gasteiger partial charge on any atom is 0.328 e. The Morgan fingerprint density at radius 2 is 2.30 bits per heavy atom. The fraction of sp³-hybridized carbons (Fsp3) is 0.286. The molecule has 1 aromatic carbocycles. The molecule has 1 unspecified atom stereocenters. The standard InChI is InChI=1S/C14H15ClN2O3/c1-9-14(20)16-6-7-17(9)12-8-11(15)4-2-10(12)3-5-13(18)19/h2-5,8-9H,6-7H2,1H3,(H,16,20)(H,18,19)/b5-3+. The minimum absolute atomic E-state index is 0.0515. The number of halogens is 1. The van der Waals surface area contributed by atoms with Crippen molar-refractivity contribution in [1.29, 1.82) is 0 Å². The number of nitrogens with zero attached hydrogens (tertiary/aromatic N) is 1. The minimum atomic E-state index is -1.02. The number of benzene rings is 1. The number of anilines is 1. The summed E-state index contributed by atoms with van der Waals surface area (Å²) in [6, 6.07) is 4.87. The van der Waals surface area contributed by atoms with Crippen molar-refractivity contribution < 1.29 is 14.7 Å². The van der Waals surface area contributed by atoms with Crippen molar-refractivity contribution in [2.75, 3.05) is 18.0 Å². The monoisotopic (exact) mass is 294 g/mol. The number of piperazine rings is 1. The summed E-state index contributed by atoms with van der Waals surface area (Å²) in [5.41, 5.74) is 1.48. The highest BCUT2D eigenvalue weighted by atomic mass is 35.5. The van der Waals surface area contributed by atoms with E-state index < -0.39 is 5.97 Å². The van der Waals surface area contributed by atoms with Crippen LogP contribution in [0, 0.1) is 0 Å². The van der Waals surface area contributed by atoms with Crippen LogP contribution in [0.3, 0.4) is 0 Å². The predicted molar refractivity (Wildman–Crippen MR) is 77.9 cm³/mol. The lowest BCUT2D eigenvalue weighted by molar-refractivity contribution is -0.131. The van der Waals surface area contributed by atoms with Crippen molar-refractivity contribution >= 4 is 35.2 Å². The van der Waals surface area contributed by atoms with Gasteiger partial charge in [-0.15, -0.1) is 0 Å². The van der Waals surface area contributed by atoms with Crippen molar-refractivity contribution in [1.82, 2.24) is 5.32 Å². The molecule has 0 aromatic heterocycles.